The van der Waals surface area contributed by atoms with Gasteiger partial charge in [-0.15, -0.1) is 4.52 Å². The van der Waals surface area contributed by atoms with E-state index in [0.717, 1.165) is 11.3 Å². The first-order valence-corrected chi connectivity index (χ1v) is 8.36. The van der Waals surface area contributed by atoms with Gasteiger partial charge in [0.15, 0.2) is 0 Å². The standard InChI is InChI=1S/C19H15FN6O/c1-21-17-11-22-16-8-7-15(24-26(16)17)19-18(13-3-5-14(20)6-4-13)23-12-25(19)9-2-10-27/h3-8,11-12,27H,2,9-10H2. The lowest BCUT2D eigenvalue weighted by atomic mass is 10.1. The van der Waals surface area contributed by atoms with Crippen LogP contribution in [0.2, 0.25) is 0 Å². The number of rotatable bonds is 5. The zero-order valence-corrected chi connectivity index (χ0v) is 14.2. The topological polar surface area (TPSA) is 72.6 Å². The highest BCUT2D eigenvalue weighted by Crippen LogP contribution is 2.31. The summed E-state index contributed by atoms with van der Waals surface area (Å²) in [6.45, 7) is 7.87. The van der Waals surface area contributed by atoms with Crippen LogP contribution in [-0.4, -0.2) is 35.9 Å². The molecular weight excluding hydrogens is 347 g/mol. The second-order valence-electron chi connectivity index (χ2n) is 5.94. The average molecular weight is 362 g/mol. The van der Waals surface area contributed by atoms with Crippen LogP contribution in [0.5, 0.6) is 0 Å². The second kappa shape index (κ2) is 6.97. The quantitative estimate of drug-likeness (QED) is 0.553. The predicted octanol–water partition coefficient (Wildman–Crippen LogP) is 3.33. The van der Waals surface area contributed by atoms with Crippen LogP contribution in [-0.2, 0) is 6.54 Å². The lowest BCUT2D eigenvalue weighted by molar-refractivity contribution is 0.280. The molecule has 0 saturated heterocycles. The normalized spacial score (nSPS) is 11.0. The van der Waals surface area contributed by atoms with E-state index >= 15 is 0 Å². The zero-order chi connectivity index (χ0) is 18.8. The number of halogens is 1. The van der Waals surface area contributed by atoms with E-state index in [9.17, 15) is 9.50 Å². The molecule has 0 fully saturated rings. The molecule has 0 amide bonds. The maximum atomic E-state index is 13.3. The number of aliphatic hydroxyl groups excluding tert-OH is 1. The Morgan fingerprint density at radius 3 is 2.67 bits per heavy atom. The summed E-state index contributed by atoms with van der Waals surface area (Å²) >= 11 is 0. The Hall–Kier alpha value is -3.57. The maximum absolute atomic E-state index is 13.3. The highest BCUT2D eigenvalue weighted by molar-refractivity contribution is 5.77. The number of nitrogens with zero attached hydrogens (tertiary/aromatic N) is 6. The molecule has 134 valence electrons. The Morgan fingerprint density at radius 2 is 1.93 bits per heavy atom. The number of hydrogen-bond acceptors (Lipinski definition) is 4. The molecule has 0 radical (unpaired) electrons. The molecule has 0 spiro atoms. The Kier molecular flexibility index (Phi) is 4.36. The number of aliphatic hydroxyl groups is 1. The summed E-state index contributed by atoms with van der Waals surface area (Å²) in [4.78, 5) is 12.1. The van der Waals surface area contributed by atoms with Crippen molar-refractivity contribution in [1.82, 2.24) is 24.1 Å². The van der Waals surface area contributed by atoms with Gasteiger partial charge in [0, 0.05) is 24.8 Å². The third-order valence-electron chi connectivity index (χ3n) is 4.21. The summed E-state index contributed by atoms with van der Waals surface area (Å²) in [6.07, 6.45) is 3.72. The second-order valence-corrected chi connectivity index (χ2v) is 5.94. The summed E-state index contributed by atoms with van der Waals surface area (Å²) in [6, 6.07) is 9.70. The molecule has 3 heterocycles. The van der Waals surface area contributed by atoms with Crippen LogP contribution in [0, 0.1) is 12.4 Å². The van der Waals surface area contributed by atoms with E-state index in [1.165, 1.54) is 22.8 Å². The largest absolute Gasteiger partial charge is 0.396 e. The van der Waals surface area contributed by atoms with E-state index in [0.29, 0.717) is 35.8 Å². The van der Waals surface area contributed by atoms with Gasteiger partial charge in [0.2, 0.25) is 5.65 Å². The van der Waals surface area contributed by atoms with Gasteiger partial charge in [0.05, 0.1) is 23.9 Å². The van der Waals surface area contributed by atoms with Crippen LogP contribution in [0.1, 0.15) is 6.42 Å². The van der Waals surface area contributed by atoms with Crippen molar-refractivity contribution in [2.24, 2.45) is 0 Å². The van der Waals surface area contributed by atoms with E-state index in [1.807, 2.05) is 10.6 Å². The molecule has 7 nitrogen and oxygen atoms in total. The first-order chi connectivity index (χ1) is 13.2. The van der Waals surface area contributed by atoms with Gasteiger partial charge in [-0.2, -0.15) is 0 Å². The van der Waals surface area contributed by atoms with Crippen molar-refractivity contribution in [2.45, 2.75) is 13.0 Å². The minimum absolute atomic E-state index is 0.0549. The lowest BCUT2D eigenvalue weighted by Gasteiger charge is -2.09. The zero-order valence-electron chi connectivity index (χ0n) is 14.2. The van der Waals surface area contributed by atoms with Crippen molar-refractivity contribution in [3.05, 3.63) is 66.2 Å². The van der Waals surface area contributed by atoms with E-state index < -0.39 is 0 Å². The third kappa shape index (κ3) is 3.05. The van der Waals surface area contributed by atoms with Crippen molar-refractivity contribution in [1.29, 1.82) is 0 Å². The van der Waals surface area contributed by atoms with Crippen molar-refractivity contribution < 1.29 is 9.50 Å². The lowest BCUT2D eigenvalue weighted by Crippen LogP contribution is -2.04. The van der Waals surface area contributed by atoms with E-state index in [2.05, 4.69) is 19.9 Å². The highest BCUT2D eigenvalue weighted by atomic mass is 19.1. The van der Waals surface area contributed by atoms with Gasteiger partial charge in [-0.1, -0.05) is 11.7 Å². The van der Waals surface area contributed by atoms with Gasteiger partial charge in [-0.3, -0.25) is 0 Å². The van der Waals surface area contributed by atoms with Crippen molar-refractivity contribution in [2.75, 3.05) is 6.61 Å². The molecule has 0 aliphatic carbocycles. The molecule has 0 aliphatic rings. The smallest absolute Gasteiger partial charge is 0.275 e. The fraction of sp³-hybridized carbons (Fsp3) is 0.158. The molecule has 4 rings (SSSR count). The van der Waals surface area contributed by atoms with Gasteiger partial charge in [-0.25, -0.2) is 14.4 Å². The van der Waals surface area contributed by atoms with Gasteiger partial charge in [0.25, 0.3) is 5.82 Å². The molecule has 0 aliphatic heterocycles. The maximum Gasteiger partial charge on any atom is 0.275 e. The predicted molar refractivity (Wildman–Crippen MR) is 97.6 cm³/mol. The first-order valence-electron chi connectivity index (χ1n) is 8.36. The van der Waals surface area contributed by atoms with Crippen LogP contribution in [0.4, 0.5) is 10.2 Å². The van der Waals surface area contributed by atoms with Crippen molar-refractivity contribution in [3.63, 3.8) is 0 Å². The van der Waals surface area contributed by atoms with E-state index in [-0.39, 0.29) is 12.4 Å². The molecule has 27 heavy (non-hydrogen) atoms. The van der Waals surface area contributed by atoms with Crippen LogP contribution in [0.25, 0.3) is 33.1 Å². The fourth-order valence-electron chi connectivity index (χ4n) is 2.94. The Labute approximate surface area is 154 Å². The molecular formula is C19H15FN6O. The minimum Gasteiger partial charge on any atom is -0.396 e. The van der Waals surface area contributed by atoms with Gasteiger partial charge >= 0.3 is 0 Å². The molecule has 4 aromatic rings. The molecule has 0 unspecified atom stereocenters. The molecule has 1 aromatic carbocycles. The molecule has 0 bridgehead atoms. The number of aromatic nitrogens is 5. The van der Waals surface area contributed by atoms with Crippen LogP contribution >= 0.6 is 0 Å². The third-order valence-corrected chi connectivity index (χ3v) is 4.21. The number of aryl methyl sites for hydroxylation is 1. The summed E-state index contributed by atoms with van der Waals surface area (Å²) in [5.41, 5.74) is 3.34. The SMILES string of the molecule is [C-]#[N+]c1cnc2ccc(-c3c(-c4ccc(F)cc4)ncn3CCCO)nn12. The van der Waals surface area contributed by atoms with E-state index in [4.69, 9.17) is 6.57 Å². The van der Waals surface area contributed by atoms with Gasteiger partial charge in [-0.05, 0) is 36.8 Å². The number of imidazole rings is 2. The molecule has 0 saturated carbocycles. The number of fused-ring (bicyclic) bond motifs is 1. The minimum atomic E-state index is -0.320. The molecule has 1 N–H and O–H groups in total. The fourth-order valence-corrected chi connectivity index (χ4v) is 2.94. The van der Waals surface area contributed by atoms with Crippen molar-refractivity contribution in [3.8, 4) is 22.6 Å². The van der Waals surface area contributed by atoms with Gasteiger partial charge in [0.1, 0.15) is 11.5 Å². The summed E-state index contributed by atoms with van der Waals surface area (Å²) in [5, 5.41) is 13.8. The Bertz CT molecular complexity index is 1140. The van der Waals surface area contributed by atoms with E-state index in [1.54, 1.807) is 24.5 Å². The summed E-state index contributed by atoms with van der Waals surface area (Å²) in [7, 11) is 0. The Morgan fingerprint density at radius 1 is 1.11 bits per heavy atom. The van der Waals surface area contributed by atoms with Crippen LogP contribution in [0.15, 0.2) is 48.9 Å². The van der Waals surface area contributed by atoms with Crippen LogP contribution in [0.3, 0.4) is 0 Å². The average Bonchev–Trinajstić information content (AvgIpc) is 3.30. The molecule has 8 heteroatoms. The van der Waals surface area contributed by atoms with Gasteiger partial charge < -0.3 is 14.5 Å². The highest BCUT2D eigenvalue weighted by Gasteiger charge is 2.19. The van der Waals surface area contributed by atoms with Crippen molar-refractivity contribution >= 4 is 11.5 Å². The number of hydrogen-bond donors (Lipinski definition) is 1. The monoisotopic (exact) mass is 362 g/mol. The summed E-state index contributed by atoms with van der Waals surface area (Å²) < 4.78 is 16.7. The summed E-state index contributed by atoms with van der Waals surface area (Å²) in [5.74, 6) is -0.00345. The molecule has 3 aromatic heterocycles. The first kappa shape index (κ1) is 16.9. The Balaban J connectivity index is 1.90. The number of benzene rings is 1. The molecule has 0 atom stereocenters. The van der Waals surface area contributed by atoms with Crippen LogP contribution < -0.4 is 0 Å².